The molecule has 0 saturated heterocycles. The molecule has 0 radical (unpaired) electrons. The van der Waals surface area contributed by atoms with Crippen molar-refractivity contribution >= 4 is 5.78 Å². The van der Waals surface area contributed by atoms with Gasteiger partial charge in [-0.25, -0.2) is 0 Å². The van der Waals surface area contributed by atoms with Crippen molar-refractivity contribution in [2.75, 3.05) is 13.7 Å². The fourth-order valence-corrected chi connectivity index (χ4v) is 1.66. The Bertz CT molecular complexity index is 321. The van der Waals surface area contributed by atoms with Crippen molar-refractivity contribution in [3.05, 3.63) is 35.9 Å². The van der Waals surface area contributed by atoms with Gasteiger partial charge in [-0.1, -0.05) is 37.3 Å². The molecule has 1 aromatic rings. The zero-order valence-electron chi connectivity index (χ0n) is 9.72. The highest BCUT2D eigenvalue weighted by Crippen LogP contribution is 2.14. The van der Waals surface area contributed by atoms with Crippen molar-refractivity contribution in [1.82, 2.24) is 0 Å². The Morgan fingerprint density at radius 3 is 2.56 bits per heavy atom. The van der Waals surface area contributed by atoms with Gasteiger partial charge in [0.2, 0.25) is 0 Å². The minimum atomic E-state index is -0.576. The largest absolute Gasteiger partial charge is 0.391 e. The smallest absolute Gasteiger partial charge is 0.165 e. The van der Waals surface area contributed by atoms with Crippen LogP contribution in [0.25, 0.3) is 0 Å². The third kappa shape index (κ3) is 3.76. The summed E-state index contributed by atoms with van der Waals surface area (Å²) in [6.07, 6.45) is -0.144. The van der Waals surface area contributed by atoms with Gasteiger partial charge in [-0.05, 0) is 6.42 Å². The van der Waals surface area contributed by atoms with E-state index in [1.54, 1.807) is 12.1 Å². The van der Waals surface area contributed by atoms with E-state index >= 15 is 0 Å². The summed E-state index contributed by atoms with van der Waals surface area (Å²) in [6, 6.07) is 9.14. The van der Waals surface area contributed by atoms with Crippen LogP contribution in [0.5, 0.6) is 0 Å². The summed E-state index contributed by atoms with van der Waals surface area (Å²) in [7, 11) is 1.53. The average Bonchev–Trinajstić information content (AvgIpc) is 2.29. The van der Waals surface area contributed by atoms with Crippen LogP contribution in [0, 0.1) is 5.92 Å². The van der Waals surface area contributed by atoms with Crippen molar-refractivity contribution in [3.8, 4) is 0 Å². The lowest BCUT2D eigenvalue weighted by Gasteiger charge is -2.14. The molecule has 16 heavy (non-hydrogen) atoms. The quantitative estimate of drug-likeness (QED) is 0.748. The number of hydrogen-bond donors (Lipinski definition) is 1. The SMILES string of the molecule is COCC(O)CC(C)C(=O)c1ccccc1. The lowest BCUT2D eigenvalue weighted by Crippen LogP contribution is -2.22. The normalized spacial score (nSPS) is 14.4. The van der Waals surface area contributed by atoms with Gasteiger partial charge in [0.05, 0.1) is 12.7 Å². The highest BCUT2D eigenvalue weighted by Gasteiger charge is 2.18. The molecule has 3 nitrogen and oxygen atoms in total. The van der Waals surface area contributed by atoms with E-state index in [2.05, 4.69) is 0 Å². The molecule has 2 atom stereocenters. The van der Waals surface area contributed by atoms with Gasteiger partial charge in [0.1, 0.15) is 0 Å². The number of Topliss-reactive ketones (excluding diaryl/α,β-unsaturated/α-hetero) is 1. The summed E-state index contributed by atoms with van der Waals surface area (Å²) in [4.78, 5) is 11.9. The summed E-state index contributed by atoms with van der Waals surface area (Å²) < 4.78 is 4.83. The number of carbonyl (C=O) groups is 1. The van der Waals surface area contributed by atoms with Gasteiger partial charge in [0.15, 0.2) is 5.78 Å². The van der Waals surface area contributed by atoms with E-state index in [1.165, 1.54) is 7.11 Å². The van der Waals surface area contributed by atoms with Crippen LogP contribution in [0.15, 0.2) is 30.3 Å². The van der Waals surface area contributed by atoms with Crippen LogP contribution >= 0.6 is 0 Å². The Kier molecular flexibility index (Phi) is 5.15. The maximum Gasteiger partial charge on any atom is 0.165 e. The standard InChI is InChI=1S/C13H18O3/c1-10(8-12(14)9-16-2)13(15)11-6-4-3-5-7-11/h3-7,10,12,14H,8-9H2,1-2H3. The number of benzene rings is 1. The number of rotatable bonds is 6. The number of aliphatic hydroxyl groups excluding tert-OH is 1. The first-order valence-electron chi connectivity index (χ1n) is 5.41. The number of ether oxygens (including phenoxy) is 1. The molecular weight excluding hydrogens is 204 g/mol. The second-order valence-corrected chi connectivity index (χ2v) is 3.98. The summed E-state index contributed by atoms with van der Waals surface area (Å²) in [5, 5.41) is 9.54. The first kappa shape index (κ1) is 12.9. The van der Waals surface area contributed by atoms with Gasteiger partial charge < -0.3 is 9.84 Å². The monoisotopic (exact) mass is 222 g/mol. The molecule has 0 saturated carbocycles. The number of aliphatic hydroxyl groups is 1. The topological polar surface area (TPSA) is 46.5 Å². The van der Waals surface area contributed by atoms with Crippen LogP contribution in [0.3, 0.4) is 0 Å². The Labute approximate surface area is 96.1 Å². The molecule has 1 rings (SSSR count). The first-order valence-corrected chi connectivity index (χ1v) is 5.41. The molecule has 1 N–H and O–H groups in total. The summed E-state index contributed by atoms with van der Waals surface area (Å²) >= 11 is 0. The zero-order valence-corrected chi connectivity index (χ0v) is 9.72. The average molecular weight is 222 g/mol. The lowest BCUT2D eigenvalue weighted by atomic mass is 9.94. The molecule has 0 aliphatic carbocycles. The van der Waals surface area contributed by atoms with E-state index in [-0.39, 0.29) is 18.3 Å². The highest BCUT2D eigenvalue weighted by atomic mass is 16.5. The zero-order chi connectivity index (χ0) is 12.0. The Balaban J connectivity index is 2.55. The van der Waals surface area contributed by atoms with E-state index in [1.807, 2.05) is 25.1 Å². The fraction of sp³-hybridized carbons (Fsp3) is 0.462. The molecule has 2 unspecified atom stereocenters. The van der Waals surface area contributed by atoms with Crippen molar-refractivity contribution in [2.24, 2.45) is 5.92 Å². The van der Waals surface area contributed by atoms with Gasteiger partial charge in [-0.2, -0.15) is 0 Å². The molecule has 0 aromatic heterocycles. The molecule has 0 spiro atoms. The van der Waals surface area contributed by atoms with Crippen LogP contribution in [-0.4, -0.2) is 30.7 Å². The van der Waals surface area contributed by atoms with Crippen LogP contribution < -0.4 is 0 Å². The molecule has 0 fully saturated rings. The maximum absolute atomic E-state index is 11.9. The van der Waals surface area contributed by atoms with E-state index in [4.69, 9.17) is 4.74 Å². The summed E-state index contributed by atoms with van der Waals surface area (Å²) in [5.74, 6) is -0.122. The fourth-order valence-electron chi connectivity index (χ4n) is 1.66. The summed E-state index contributed by atoms with van der Waals surface area (Å²) in [5.41, 5.74) is 0.694. The van der Waals surface area contributed by atoms with E-state index < -0.39 is 6.10 Å². The highest BCUT2D eigenvalue weighted by molar-refractivity contribution is 5.97. The van der Waals surface area contributed by atoms with Crippen molar-refractivity contribution in [3.63, 3.8) is 0 Å². The number of methoxy groups -OCH3 is 1. The van der Waals surface area contributed by atoms with E-state index in [0.29, 0.717) is 12.0 Å². The molecule has 88 valence electrons. The minimum Gasteiger partial charge on any atom is -0.391 e. The maximum atomic E-state index is 11.9. The van der Waals surface area contributed by atoms with Crippen LogP contribution in [0.4, 0.5) is 0 Å². The van der Waals surface area contributed by atoms with Gasteiger partial charge in [0, 0.05) is 18.6 Å². The third-order valence-corrected chi connectivity index (χ3v) is 2.49. The van der Waals surface area contributed by atoms with Crippen molar-refractivity contribution in [1.29, 1.82) is 0 Å². The second kappa shape index (κ2) is 6.40. The van der Waals surface area contributed by atoms with Gasteiger partial charge >= 0.3 is 0 Å². The Morgan fingerprint density at radius 1 is 1.38 bits per heavy atom. The van der Waals surface area contributed by atoms with Gasteiger partial charge in [-0.3, -0.25) is 4.79 Å². The predicted octanol–water partition coefficient (Wildman–Crippen LogP) is 1.90. The number of hydrogen-bond acceptors (Lipinski definition) is 3. The van der Waals surface area contributed by atoms with Crippen LogP contribution in [0.1, 0.15) is 23.7 Å². The van der Waals surface area contributed by atoms with E-state index in [0.717, 1.165) is 0 Å². The van der Waals surface area contributed by atoms with Crippen LogP contribution in [-0.2, 0) is 4.74 Å². The van der Waals surface area contributed by atoms with Crippen molar-refractivity contribution < 1.29 is 14.6 Å². The molecule has 1 aromatic carbocycles. The van der Waals surface area contributed by atoms with E-state index in [9.17, 15) is 9.90 Å². The van der Waals surface area contributed by atoms with Gasteiger partial charge in [0.25, 0.3) is 0 Å². The molecular formula is C13H18O3. The Morgan fingerprint density at radius 2 is 2.00 bits per heavy atom. The lowest BCUT2D eigenvalue weighted by molar-refractivity contribution is 0.0472. The minimum absolute atomic E-state index is 0.0655. The summed E-state index contributed by atoms with van der Waals surface area (Å²) in [6.45, 7) is 2.10. The molecule has 0 heterocycles. The molecule has 0 amide bonds. The van der Waals surface area contributed by atoms with Crippen molar-refractivity contribution in [2.45, 2.75) is 19.4 Å². The molecule has 0 bridgehead atoms. The molecule has 0 aliphatic rings. The first-order chi connectivity index (χ1) is 7.65. The number of ketones is 1. The second-order valence-electron chi connectivity index (χ2n) is 3.98. The predicted molar refractivity (Wildman–Crippen MR) is 62.4 cm³/mol. The van der Waals surface area contributed by atoms with Crippen LogP contribution in [0.2, 0.25) is 0 Å². The van der Waals surface area contributed by atoms with Gasteiger partial charge in [-0.15, -0.1) is 0 Å². The molecule has 3 heteroatoms. The molecule has 0 aliphatic heterocycles. The number of carbonyl (C=O) groups excluding carboxylic acids is 1. The third-order valence-electron chi connectivity index (χ3n) is 2.49. The Hall–Kier alpha value is -1.19.